The van der Waals surface area contributed by atoms with Crippen molar-refractivity contribution in [1.82, 2.24) is 35.1 Å². The van der Waals surface area contributed by atoms with Gasteiger partial charge in [-0.2, -0.15) is 5.10 Å². The molecule has 0 aliphatic heterocycles. The molecule has 0 fully saturated rings. The summed E-state index contributed by atoms with van der Waals surface area (Å²) in [4.78, 5) is 16.0. The summed E-state index contributed by atoms with van der Waals surface area (Å²) in [6.45, 7) is 3.75. The normalized spacial score (nSPS) is 12.4. The molecule has 23 heavy (non-hydrogen) atoms. The molecule has 0 saturated carbocycles. The Morgan fingerprint density at radius 1 is 1.35 bits per heavy atom. The van der Waals surface area contributed by atoms with Crippen molar-refractivity contribution in [3.05, 3.63) is 36.9 Å². The maximum atomic E-state index is 12.2. The first-order chi connectivity index (χ1) is 11.2. The summed E-state index contributed by atoms with van der Waals surface area (Å²) >= 11 is 0. The first kappa shape index (κ1) is 15.1. The van der Waals surface area contributed by atoms with Gasteiger partial charge in [-0.25, -0.2) is 9.67 Å². The van der Waals surface area contributed by atoms with Crippen LogP contribution in [0.4, 0.5) is 0 Å². The molecule has 3 aromatic rings. The summed E-state index contributed by atoms with van der Waals surface area (Å²) in [5.41, 5.74) is 1.78. The summed E-state index contributed by atoms with van der Waals surface area (Å²) in [6, 6.07) is 7.73. The zero-order chi connectivity index (χ0) is 16.1. The Hall–Kier alpha value is -2.77. The molecule has 0 saturated heterocycles. The second kappa shape index (κ2) is 6.99. The SMILES string of the molecule is CC(Cn1nnc2ccccc21)C(=O)NCCCn1cncn1. The minimum absolute atomic E-state index is 0.0168. The molecule has 0 radical (unpaired) electrons. The van der Waals surface area contributed by atoms with Gasteiger partial charge in [0.15, 0.2) is 0 Å². The fraction of sp³-hybridized carbons (Fsp3) is 0.400. The molecule has 1 aromatic carbocycles. The standard InChI is InChI=1S/C15H19N7O/c1-12(9-22-14-6-3-2-5-13(14)19-20-22)15(23)17-7-4-8-21-11-16-10-18-21/h2-3,5-6,10-12H,4,7-9H2,1H3,(H,17,23). The average molecular weight is 313 g/mol. The Bertz CT molecular complexity index is 765. The van der Waals surface area contributed by atoms with E-state index in [2.05, 4.69) is 25.7 Å². The van der Waals surface area contributed by atoms with E-state index in [1.807, 2.05) is 31.2 Å². The number of amides is 1. The van der Waals surface area contributed by atoms with Crippen molar-refractivity contribution >= 4 is 16.9 Å². The van der Waals surface area contributed by atoms with E-state index in [-0.39, 0.29) is 11.8 Å². The summed E-state index contributed by atoms with van der Waals surface area (Å²) in [5.74, 6) is -0.158. The van der Waals surface area contributed by atoms with Gasteiger partial charge in [0.05, 0.1) is 18.0 Å². The van der Waals surface area contributed by atoms with Crippen molar-refractivity contribution in [3.63, 3.8) is 0 Å². The van der Waals surface area contributed by atoms with Gasteiger partial charge in [-0.05, 0) is 18.6 Å². The van der Waals surface area contributed by atoms with Crippen LogP contribution in [0.1, 0.15) is 13.3 Å². The number of rotatable bonds is 7. The number of aryl methyl sites for hydroxylation is 1. The van der Waals surface area contributed by atoms with Crippen LogP contribution in [0, 0.1) is 5.92 Å². The third kappa shape index (κ3) is 3.71. The fourth-order valence-corrected chi connectivity index (χ4v) is 2.37. The van der Waals surface area contributed by atoms with Crippen molar-refractivity contribution in [3.8, 4) is 0 Å². The van der Waals surface area contributed by atoms with Gasteiger partial charge < -0.3 is 5.32 Å². The van der Waals surface area contributed by atoms with Crippen LogP contribution >= 0.6 is 0 Å². The van der Waals surface area contributed by atoms with Crippen LogP contribution in [0.2, 0.25) is 0 Å². The highest BCUT2D eigenvalue weighted by molar-refractivity contribution is 5.78. The molecule has 120 valence electrons. The van der Waals surface area contributed by atoms with Gasteiger partial charge in [-0.3, -0.25) is 9.48 Å². The molecular weight excluding hydrogens is 294 g/mol. The van der Waals surface area contributed by atoms with Crippen molar-refractivity contribution in [1.29, 1.82) is 0 Å². The van der Waals surface area contributed by atoms with Gasteiger partial charge in [0.2, 0.25) is 5.91 Å². The molecular formula is C15H19N7O. The van der Waals surface area contributed by atoms with E-state index < -0.39 is 0 Å². The van der Waals surface area contributed by atoms with E-state index in [4.69, 9.17) is 0 Å². The predicted octanol–water partition coefficient (Wildman–Crippen LogP) is 0.865. The number of hydrogen-bond donors (Lipinski definition) is 1. The molecule has 1 N–H and O–H groups in total. The summed E-state index contributed by atoms with van der Waals surface area (Å²) < 4.78 is 3.52. The maximum absolute atomic E-state index is 12.2. The molecule has 8 heteroatoms. The van der Waals surface area contributed by atoms with E-state index in [0.29, 0.717) is 13.1 Å². The topological polar surface area (TPSA) is 90.5 Å². The molecule has 0 spiro atoms. The van der Waals surface area contributed by atoms with E-state index in [0.717, 1.165) is 24.0 Å². The predicted molar refractivity (Wildman–Crippen MR) is 84.3 cm³/mol. The Morgan fingerprint density at radius 2 is 2.22 bits per heavy atom. The Morgan fingerprint density at radius 3 is 3.04 bits per heavy atom. The molecule has 0 aliphatic carbocycles. The first-order valence-corrected chi connectivity index (χ1v) is 7.62. The van der Waals surface area contributed by atoms with E-state index in [9.17, 15) is 4.79 Å². The summed E-state index contributed by atoms with van der Waals surface area (Å²) in [7, 11) is 0. The molecule has 1 unspecified atom stereocenters. The van der Waals surface area contributed by atoms with Crippen LogP contribution in [0.5, 0.6) is 0 Å². The zero-order valence-electron chi connectivity index (χ0n) is 13.0. The number of nitrogens with zero attached hydrogens (tertiary/aromatic N) is 6. The first-order valence-electron chi connectivity index (χ1n) is 7.62. The van der Waals surface area contributed by atoms with Crippen molar-refractivity contribution in [2.45, 2.75) is 26.4 Å². The number of fused-ring (bicyclic) bond motifs is 1. The van der Waals surface area contributed by atoms with Crippen molar-refractivity contribution in [2.75, 3.05) is 6.54 Å². The highest BCUT2D eigenvalue weighted by atomic mass is 16.1. The largest absolute Gasteiger partial charge is 0.356 e. The molecule has 0 bridgehead atoms. The number of carbonyl (C=O) groups excluding carboxylic acids is 1. The lowest BCUT2D eigenvalue weighted by Gasteiger charge is -2.12. The van der Waals surface area contributed by atoms with E-state index in [1.54, 1.807) is 15.7 Å². The van der Waals surface area contributed by atoms with Crippen LogP contribution < -0.4 is 5.32 Å². The van der Waals surface area contributed by atoms with Gasteiger partial charge in [-0.15, -0.1) is 5.10 Å². The van der Waals surface area contributed by atoms with Crippen LogP contribution in [0.15, 0.2) is 36.9 Å². The second-order valence-electron chi connectivity index (χ2n) is 5.46. The van der Waals surface area contributed by atoms with Gasteiger partial charge in [0.1, 0.15) is 18.2 Å². The van der Waals surface area contributed by atoms with Crippen LogP contribution in [-0.4, -0.2) is 42.2 Å². The third-order valence-electron chi connectivity index (χ3n) is 3.64. The monoisotopic (exact) mass is 313 g/mol. The highest BCUT2D eigenvalue weighted by Gasteiger charge is 2.15. The third-order valence-corrected chi connectivity index (χ3v) is 3.64. The zero-order valence-corrected chi connectivity index (χ0v) is 13.0. The maximum Gasteiger partial charge on any atom is 0.224 e. The number of aromatic nitrogens is 6. The van der Waals surface area contributed by atoms with E-state index in [1.165, 1.54) is 6.33 Å². The van der Waals surface area contributed by atoms with Crippen LogP contribution in [-0.2, 0) is 17.9 Å². The number of benzene rings is 1. The van der Waals surface area contributed by atoms with Gasteiger partial charge in [-0.1, -0.05) is 24.3 Å². The van der Waals surface area contributed by atoms with E-state index >= 15 is 0 Å². The Balaban J connectivity index is 1.47. The molecule has 2 aromatic heterocycles. The number of hydrogen-bond acceptors (Lipinski definition) is 5. The van der Waals surface area contributed by atoms with Crippen LogP contribution in [0.3, 0.4) is 0 Å². The number of carbonyl (C=O) groups is 1. The molecule has 1 atom stereocenters. The molecule has 3 rings (SSSR count). The summed E-state index contributed by atoms with van der Waals surface area (Å²) in [6.07, 6.45) is 3.98. The quantitative estimate of drug-likeness (QED) is 0.654. The van der Waals surface area contributed by atoms with Crippen molar-refractivity contribution in [2.24, 2.45) is 5.92 Å². The smallest absolute Gasteiger partial charge is 0.224 e. The Kier molecular flexibility index (Phi) is 4.60. The van der Waals surface area contributed by atoms with Gasteiger partial charge in [0.25, 0.3) is 0 Å². The second-order valence-corrected chi connectivity index (χ2v) is 5.46. The lowest BCUT2D eigenvalue weighted by Crippen LogP contribution is -2.32. The summed E-state index contributed by atoms with van der Waals surface area (Å²) in [5, 5.41) is 15.2. The molecule has 0 aliphatic rings. The van der Waals surface area contributed by atoms with Gasteiger partial charge in [0, 0.05) is 13.1 Å². The highest BCUT2D eigenvalue weighted by Crippen LogP contribution is 2.11. The molecule has 1 amide bonds. The fourth-order valence-electron chi connectivity index (χ4n) is 2.37. The lowest BCUT2D eigenvalue weighted by molar-refractivity contribution is -0.124. The molecule has 8 nitrogen and oxygen atoms in total. The minimum atomic E-state index is -0.175. The Labute approximate surface area is 133 Å². The molecule has 2 heterocycles. The van der Waals surface area contributed by atoms with Crippen molar-refractivity contribution < 1.29 is 4.79 Å². The van der Waals surface area contributed by atoms with Crippen LogP contribution in [0.25, 0.3) is 11.0 Å². The minimum Gasteiger partial charge on any atom is -0.356 e. The number of para-hydroxylation sites is 1. The van der Waals surface area contributed by atoms with Gasteiger partial charge >= 0.3 is 0 Å². The lowest BCUT2D eigenvalue weighted by atomic mass is 10.1. The number of nitrogens with one attached hydrogen (secondary N) is 1. The average Bonchev–Trinajstić information content (AvgIpc) is 3.21.